The van der Waals surface area contributed by atoms with Gasteiger partial charge in [0.1, 0.15) is 6.04 Å². The molecule has 2 unspecified atom stereocenters. The Labute approximate surface area is 152 Å². The summed E-state index contributed by atoms with van der Waals surface area (Å²) in [7, 11) is 0. The summed E-state index contributed by atoms with van der Waals surface area (Å²) in [4.78, 5) is 37.7. The number of nitrogens with zero attached hydrogens (tertiary/aromatic N) is 1. The Morgan fingerprint density at radius 1 is 1.32 bits per heavy atom. The van der Waals surface area contributed by atoms with Gasteiger partial charge in [0.15, 0.2) is 0 Å². The van der Waals surface area contributed by atoms with Gasteiger partial charge in [0.25, 0.3) is 0 Å². The fourth-order valence-corrected chi connectivity index (χ4v) is 3.37. The molecule has 136 valence electrons. The van der Waals surface area contributed by atoms with E-state index in [-0.39, 0.29) is 24.8 Å². The van der Waals surface area contributed by atoms with Gasteiger partial charge in [-0.1, -0.05) is 30.3 Å². The van der Waals surface area contributed by atoms with E-state index in [0.29, 0.717) is 19.4 Å². The average Bonchev–Trinajstić information content (AvgIpc) is 3.09. The molecule has 6 nitrogen and oxygen atoms in total. The van der Waals surface area contributed by atoms with Gasteiger partial charge in [-0.2, -0.15) is 11.8 Å². The van der Waals surface area contributed by atoms with Crippen molar-refractivity contribution in [3.63, 3.8) is 0 Å². The quantitative estimate of drug-likeness (QED) is 0.728. The molecule has 2 amide bonds. The van der Waals surface area contributed by atoms with E-state index >= 15 is 0 Å². The molecular formula is C18H24N2O4S. The van der Waals surface area contributed by atoms with Crippen molar-refractivity contribution in [1.29, 1.82) is 0 Å². The average molecular weight is 364 g/mol. The van der Waals surface area contributed by atoms with Gasteiger partial charge in [-0.25, -0.2) is 0 Å². The summed E-state index contributed by atoms with van der Waals surface area (Å²) in [6, 6.07) is 8.77. The lowest BCUT2D eigenvalue weighted by Crippen LogP contribution is -2.48. The highest BCUT2D eigenvalue weighted by molar-refractivity contribution is 7.98. The van der Waals surface area contributed by atoms with Crippen LogP contribution in [0, 0.1) is 5.92 Å². The van der Waals surface area contributed by atoms with Gasteiger partial charge in [0.2, 0.25) is 11.8 Å². The first-order chi connectivity index (χ1) is 12.0. The maximum absolute atomic E-state index is 12.7. The molecule has 0 saturated carbocycles. The largest absolute Gasteiger partial charge is 0.481 e. The number of rotatable bonds is 8. The minimum absolute atomic E-state index is 0.181. The van der Waals surface area contributed by atoms with Crippen molar-refractivity contribution in [2.24, 2.45) is 5.92 Å². The van der Waals surface area contributed by atoms with Crippen LogP contribution in [-0.2, 0) is 20.8 Å². The first-order valence-electron chi connectivity index (χ1n) is 8.35. The number of carbonyl (C=O) groups excluding carboxylic acids is 2. The zero-order valence-electron chi connectivity index (χ0n) is 14.3. The van der Waals surface area contributed by atoms with Crippen LogP contribution in [-0.4, -0.2) is 58.9 Å². The van der Waals surface area contributed by atoms with Crippen LogP contribution in [0.5, 0.6) is 0 Å². The molecule has 1 fully saturated rings. The lowest BCUT2D eigenvalue weighted by Gasteiger charge is -2.24. The van der Waals surface area contributed by atoms with E-state index in [0.717, 1.165) is 11.3 Å². The fourth-order valence-electron chi connectivity index (χ4n) is 2.90. The first-order valence-corrected chi connectivity index (χ1v) is 9.74. The van der Waals surface area contributed by atoms with Gasteiger partial charge in [0, 0.05) is 13.1 Å². The maximum atomic E-state index is 12.7. The second-order valence-corrected chi connectivity index (χ2v) is 7.16. The molecule has 1 saturated heterocycles. The minimum Gasteiger partial charge on any atom is -0.481 e. The minimum atomic E-state index is -0.871. The number of amides is 2. The number of thioether (sulfide) groups is 1. The molecular weight excluding hydrogens is 340 g/mol. The lowest BCUT2D eigenvalue weighted by atomic mass is 10.1. The smallest absolute Gasteiger partial charge is 0.308 e. The van der Waals surface area contributed by atoms with Gasteiger partial charge < -0.3 is 15.3 Å². The Morgan fingerprint density at radius 3 is 2.64 bits per heavy atom. The third-order valence-electron chi connectivity index (χ3n) is 4.30. The van der Waals surface area contributed by atoms with E-state index in [2.05, 4.69) is 5.32 Å². The van der Waals surface area contributed by atoms with Gasteiger partial charge in [-0.05, 0) is 30.4 Å². The highest BCUT2D eigenvalue weighted by atomic mass is 32.2. The number of carboxylic acids is 1. The number of hydrogen-bond donors (Lipinski definition) is 2. The van der Waals surface area contributed by atoms with Crippen LogP contribution in [0.25, 0.3) is 0 Å². The Hall–Kier alpha value is -2.02. The lowest BCUT2D eigenvalue weighted by molar-refractivity contribution is -0.142. The number of carboxylic acid groups (broad SMARTS) is 1. The molecule has 1 aliphatic heterocycles. The van der Waals surface area contributed by atoms with Gasteiger partial charge in [0.05, 0.1) is 12.3 Å². The zero-order valence-corrected chi connectivity index (χ0v) is 15.1. The van der Waals surface area contributed by atoms with E-state index in [9.17, 15) is 14.4 Å². The van der Waals surface area contributed by atoms with Gasteiger partial charge in [-0.3, -0.25) is 14.4 Å². The monoisotopic (exact) mass is 364 g/mol. The van der Waals surface area contributed by atoms with E-state index in [1.54, 1.807) is 16.7 Å². The van der Waals surface area contributed by atoms with Crippen molar-refractivity contribution in [3.05, 3.63) is 35.9 Å². The van der Waals surface area contributed by atoms with E-state index in [1.165, 1.54) is 0 Å². The Morgan fingerprint density at radius 2 is 2.04 bits per heavy atom. The normalized spacial score (nSPS) is 18.0. The second-order valence-electron chi connectivity index (χ2n) is 6.17. The standard InChI is InChI=1S/C18H24N2O4S/c1-25-10-8-15(17(22)20-9-7-14(12-20)18(23)24)19-16(21)11-13-5-3-2-4-6-13/h2-6,14-15H,7-12H2,1H3,(H,19,21)(H,23,24). The van der Waals surface area contributed by atoms with E-state index in [4.69, 9.17) is 5.11 Å². The highest BCUT2D eigenvalue weighted by Gasteiger charge is 2.34. The predicted molar refractivity (Wildman–Crippen MR) is 97.4 cm³/mol. The van der Waals surface area contributed by atoms with E-state index in [1.807, 2.05) is 36.6 Å². The summed E-state index contributed by atoms with van der Waals surface area (Å²) in [5.74, 6) is -1.01. The first kappa shape index (κ1) is 19.3. The molecule has 7 heteroatoms. The number of likely N-dealkylation sites (tertiary alicyclic amines) is 1. The van der Waals surface area contributed by atoms with Gasteiger partial charge in [-0.15, -0.1) is 0 Å². The van der Waals surface area contributed by atoms with Crippen LogP contribution in [0.3, 0.4) is 0 Å². The third kappa shape index (κ3) is 5.77. The molecule has 0 bridgehead atoms. The van der Waals surface area contributed by atoms with Crippen molar-refractivity contribution < 1.29 is 19.5 Å². The number of hydrogen-bond acceptors (Lipinski definition) is 4. The van der Waals surface area contributed by atoms with Crippen LogP contribution >= 0.6 is 11.8 Å². The topological polar surface area (TPSA) is 86.7 Å². The summed E-state index contributed by atoms with van der Waals surface area (Å²) in [5, 5.41) is 11.9. The van der Waals surface area contributed by atoms with Crippen LogP contribution in [0.4, 0.5) is 0 Å². The van der Waals surface area contributed by atoms with Crippen molar-refractivity contribution in [2.45, 2.75) is 25.3 Å². The summed E-state index contributed by atoms with van der Waals surface area (Å²) in [6.07, 6.45) is 3.17. The van der Waals surface area contributed by atoms with Crippen LogP contribution in [0.15, 0.2) is 30.3 Å². The molecule has 0 aromatic heterocycles. The number of carbonyl (C=O) groups is 3. The molecule has 2 N–H and O–H groups in total. The zero-order chi connectivity index (χ0) is 18.2. The van der Waals surface area contributed by atoms with Crippen LogP contribution in [0.2, 0.25) is 0 Å². The van der Waals surface area contributed by atoms with Crippen molar-refractivity contribution in [3.8, 4) is 0 Å². The number of aliphatic carboxylic acids is 1. The molecule has 1 aromatic rings. The summed E-state index contributed by atoms with van der Waals surface area (Å²) in [5.41, 5.74) is 0.892. The third-order valence-corrected chi connectivity index (χ3v) is 4.94. The molecule has 1 aromatic carbocycles. The number of benzene rings is 1. The van der Waals surface area contributed by atoms with Crippen LogP contribution in [0.1, 0.15) is 18.4 Å². The highest BCUT2D eigenvalue weighted by Crippen LogP contribution is 2.18. The van der Waals surface area contributed by atoms with Crippen molar-refractivity contribution in [1.82, 2.24) is 10.2 Å². The predicted octanol–water partition coefficient (Wildman–Crippen LogP) is 1.40. The molecule has 2 atom stereocenters. The number of nitrogens with one attached hydrogen (secondary N) is 1. The molecule has 25 heavy (non-hydrogen) atoms. The Bertz CT molecular complexity index is 608. The van der Waals surface area contributed by atoms with Crippen molar-refractivity contribution >= 4 is 29.5 Å². The summed E-state index contributed by atoms with van der Waals surface area (Å²) >= 11 is 1.61. The van der Waals surface area contributed by atoms with Gasteiger partial charge >= 0.3 is 5.97 Å². The van der Waals surface area contributed by atoms with Crippen molar-refractivity contribution in [2.75, 3.05) is 25.1 Å². The van der Waals surface area contributed by atoms with E-state index < -0.39 is 17.9 Å². The SMILES string of the molecule is CSCCC(NC(=O)Cc1ccccc1)C(=O)N1CCC(C(=O)O)C1. The summed E-state index contributed by atoms with van der Waals surface area (Å²) in [6.45, 7) is 0.651. The van der Waals surface area contributed by atoms with Crippen LogP contribution < -0.4 is 5.32 Å². The fraction of sp³-hybridized carbons (Fsp3) is 0.500. The molecule has 1 heterocycles. The molecule has 1 aliphatic rings. The Kier molecular flexibility index (Phi) is 7.31. The molecule has 0 aliphatic carbocycles. The molecule has 0 radical (unpaired) electrons. The Balaban J connectivity index is 1.96. The second kappa shape index (κ2) is 9.46. The molecule has 2 rings (SSSR count). The summed E-state index contributed by atoms with van der Waals surface area (Å²) < 4.78 is 0. The molecule has 0 spiro atoms. The maximum Gasteiger partial charge on any atom is 0.308 e.